The maximum absolute atomic E-state index is 12.4. The summed E-state index contributed by atoms with van der Waals surface area (Å²) in [6, 6.07) is 6.77. The highest BCUT2D eigenvalue weighted by molar-refractivity contribution is 14.1. The maximum atomic E-state index is 12.4. The van der Waals surface area contributed by atoms with E-state index in [-0.39, 0.29) is 12.5 Å². The van der Waals surface area contributed by atoms with Crippen LogP contribution in [-0.2, 0) is 10.0 Å². The summed E-state index contributed by atoms with van der Waals surface area (Å²) in [5, 5.41) is 9.80. The molecular formula is C12H16INO3S. The molecule has 2 unspecified atom stereocenters. The molecule has 18 heavy (non-hydrogen) atoms. The maximum Gasteiger partial charge on any atom is 0.243 e. The Bertz CT molecular complexity index is 515. The highest BCUT2D eigenvalue weighted by Crippen LogP contribution is 2.24. The summed E-state index contributed by atoms with van der Waals surface area (Å²) in [4.78, 5) is 0.296. The summed E-state index contributed by atoms with van der Waals surface area (Å²) in [6.07, 6.45) is 0.127. The molecule has 0 aromatic heterocycles. The van der Waals surface area contributed by atoms with Crippen molar-refractivity contribution in [3.05, 3.63) is 27.8 Å². The van der Waals surface area contributed by atoms with Crippen molar-refractivity contribution in [1.82, 2.24) is 4.31 Å². The van der Waals surface area contributed by atoms with Crippen molar-refractivity contribution in [2.45, 2.75) is 24.3 Å². The molecule has 1 fully saturated rings. The van der Waals surface area contributed by atoms with Crippen LogP contribution >= 0.6 is 22.6 Å². The molecule has 0 bridgehead atoms. The third-order valence-corrected chi connectivity index (χ3v) is 5.93. The number of nitrogens with zero attached hydrogens (tertiary/aromatic N) is 1. The molecule has 1 aromatic rings. The SMILES string of the molecule is CC1CCN(S(=O)(=O)c2ccc(I)cc2)CC1O. The van der Waals surface area contributed by atoms with Gasteiger partial charge in [-0.2, -0.15) is 4.31 Å². The molecule has 0 aliphatic carbocycles. The van der Waals surface area contributed by atoms with Crippen LogP contribution < -0.4 is 0 Å². The third-order valence-electron chi connectivity index (χ3n) is 3.33. The van der Waals surface area contributed by atoms with Gasteiger partial charge < -0.3 is 5.11 Å². The van der Waals surface area contributed by atoms with E-state index >= 15 is 0 Å². The van der Waals surface area contributed by atoms with Crippen molar-refractivity contribution in [3.63, 3.8) is 0 Å². The van der Waals surface area contributed by atoms with Crippen molar-refractivity contribution >= 4 is 32.6 Å². The Kier molecular flexibility index (Phi) is 4.30. The zero-order valence-electron chi connectivity index (χ0n) is 10.1. The lowest BCUT2D eigenvalue weighted by molar-refractivity contribution is 0.0605. The van der Waals surface area contributed by atoms with Crippen molar-refractivity contribution in [1.29, 1.82) is 0 Å². The number of aliphatic hydroxyl groups is 1. The van der Waals surface area contributed by atoms with E-state index in [4.69, 9.17) is 0 Å². The standard InChI is InChI=1S/C12H16INO3S/c1-9-6-7-14(8-12(9)15)18(16,17)11-4-2-10(13)3-5-11/h2-5,9,12,15H,6-8H2,1H3. The minimum Gasteiger partial charge on any atom is -0.391 e. The van der Waals surface area contributed by atoms with Gasteiger partial charge in [0.2, 0.25) is 10.0 Å². The first-order valence-electron chi connectivity index (χ1n) is 5.85. The first kappa shape index (κ1) is 14.2. The fourth-order valence-electron chi connectivity index (χ4n) is 1.99. The predicted molar refractivity (Wildman–Crippen MR) is 77.7 cm³/mol. The number of hydrogen-bond acceptors (Lipinski definition) is 3. The van der Waals surface area contributed by atoms with E-state index < -0.39 is 16.1 Å². The van der Waals surface area contributed by atoms with Crippen LogP contribution in [0, 0.1) is 9.49 Å². The fourth-order valence-corrected chi connectivity index (χ4v) is 3.83. The Labute approximate surface area is 121 Å². The van der Waals surface area contributed by atoms with Gasteiger partial charge in [-0.25, -0.2) is 8.42 Å². The zero-order chi connectivity index (χ0) is 13.3. The summed E-state index contributed by atoms with van der Waals surface area (Å²) < 4.78 is 27.1. The van der Waals surface area contributed by atoms with E-state index in [2.05, 4.69) is 22.6 Å². The molecule has 0 amide bonds. The second-order valence-corrected chi connectivity index (χ2v) is 7.83. The Hall–Kier alpha value is -0.180. The van der Waals surface area contributed by atoms with E-state index in [1.165, 1.54) is 4.31 Å². The van der Waals surface area contributed by atoms with Crippen LogP contribution in [0.1, 0.15) is 13.3 Å². The molecule has 100 valence electrons. The van der Waals surface area contributed by atoms with Crippen LogP contribution in [0.15, 0.2) is 29.2 Å². The molecule has 1 heterocycles. The number of β-amino-alcohol motifs (C(OH)–C–C–N with tert-alkyl or cyclic N) is 1. The quantitative estimate of drug-likeness (QED) is 0.794. The lowest BCUT2D eigenvalue weighted by Crippen LogP contribution is -2.45. The Balaban J connectivity index is 2.24. The van der Waals surface area contributed by atoms with Gasteiger partial charge in [-0.15, -0.1) is 0 Å². The van der Waals surface area contributed by atoms with Crippen molar-refractivity contribution < 1.29 is 13.5 Å². The molecule has 1 aliphatic rings. The molecule has 0 saturated carbocycles. The third kappa shape index (κ3) is 2.87. The number of aliphatic hydroxyl groups excluding tert-OH is 1. The Morgan fingerprint density at radius 2 is 1.94 bits per heavy atom. The number of halogens is 1. The number of benzene rings is 1. The molecule has 2 atom stereocenters. The average molecular weight is 381 g/mol. The smallest absolute Gasteiger partial charge is 0.243 e. The summed E-state index contributed by atoms with van der Waals surface area (Å²) >= 11 is 2.14. The van der Waals surface area contributed by atoms with Crippen LogP contribution in [0.25, 0.3) is 0 Å². The van der Waals surface area contributed by atoms with Crippen LogP contribution in [0.5, 0.6) is 0 Å². The Morgan fingerprint density at radius 1 is 1.33 bits per heavy atom. The lowest BCUT2D eigenvalue weighted by Gasteiger charge is -2.33. The first-order valence-corrected chi connectivity index (χ1v) is 8.37. The second-order valence-electron chi connectivity index (χ2n) is 4.65. The highest BCUT2D eigenvalue weighted by Gasteiger charge is 2.32. The van der Waals surface area contributed by atoms with Gasteiger partial charge in [0, 0.05) is 16.7 Å². The van der Waals surface area contributed by atoms with E-state index in [0.717, 1.165) is 3.57 Å². The lowest BCUT2D eigenvalue weighted by atomic mass is 9.98. The van der Waals surface area contributed by atoms with Gasteiger partial charge in [-0.05, 0) is 59.2 Å². The van der Waals surface area contributed by atoms with Crippen molar-refractivity contribution in [3.8, 4) is 0 Å². The molecule has 0 spiro atoms. The summed E-state index contributed by atoms with van der Waals surface area (Å²) in [5.74, 6) is 0.160. The van der Waals surface area contributed by atoms with E-state index in [9.17, 15) is 13.5 Å². The first-order chi connectivity index (χ1) is 8.41. The second kappa shape index (κ2) is 5.44. The molecule has 0 radical (unpaired) electrons. The largest absolute Gasteiger partial charge is 0.391 e. The van der Waals surface area contributed by atoms with Crippen LogP contribution in [0.2, 0.25) is 0 Å². The Morgan fingerprint density at radius 3 is 2.50 bits per heavy atom. The normalized spacial score (nSPS) is 26.2. The van der Waals surface area contributed by atoms with Gasteiger partial charge in [-0.1, -0.05) is 6.92 Å². The number of piperidine rings is 1. The average Bonchev–Trinajstić information content (AvgIpc) is 2.33. The van der Waals surface area contributed by atoms with Gasteiger partial charge in [0.05, 0.1) is 11.0 Å². The van der Waals surface area contributed by atoms with Crippen LogP contribution in [0.3, 0.4) is 0 Å². The molecule has 1 saturated heterocycles. The zero-order valence-corrected chi connectivity index (χ0v) is 13.1. The molecule has 1 aliphatic heterocycles. The van der Waals surface area contributed by atoms with Crippen LogP contribution in [0.4, 0.5) is 0 Å². The molecule has 4 nitrogen and oxygen atoms in total. The van der Waals surface area contributed by atoms with E-state index in [1.807, 2.05) is 6.92 Å². The topological polar surface area (TPSA) is 57.6 Å². The molecule has 6 heteroatoms. The minimum atomic E-state index is -3.47. The molecule has 1 aromatic carbocycles. The molecule has 2 rings (SSSR count). The van der Waals surface area contributed by atoms with Gasteiger partial charge in [-0.3, -0.25) is 0 Å². The van der Waals surface area contributed by atoms with Gasteiger partial charge >= 0.3 is 0 Å². The summed E-state index contributed by atoms with van der Waals surface area (Å²) in [6.45, 7) is 2.61. The predicted octanol–water partition coefficient (Wildman–Crippen LogP) is 1.68. The molecular weight excluding hydrogens is 365 g/mol. The van der Waals surface area contributed by atoms with Gasteiger partial charge in [0.25, 0.3) is 0 Å². The number of hydrogen-bond donors (Lipinski definition) is 1. The van der Waals surface area contributed by atoms with E-state index in [0.29, 0.717) is 17.9 Å². The van der Waals surface area contributed by atoms with Gasteiger partial charge in [0.15, 0.2) is 0 Å². The monoisotopic (exact) mass is 381 g/mol. The van der Waals surface area contributed by atoms with Crippen LogP contribution in [-0.4, -0.2) is 37.0 Å². The summed E-state index contributed by atoms with van der Waals surface area (Å²) in [7, 11) is -3.47. The number of sulfonamides is 1. The van der Waals surface area contributed by atoms with Crippen molar-refractivity contribution in [2.75, 3.05) is 13.1 Å². The number of rotatable bonds is 2. The molecule has 1 N–H and O–H groups in total. The highest BCUT2D eigenvalue weighted by atomic mass is 127. The van der Waals surface area contributed by atoms with E-state index in [1.54, 1.807) is 24.3 Å². The summed E-state index contributed by atoms with van der Waals surface area (Å²) in [5.41, 5.74) is 0. The van der Waals surface area contributed by atoms with Crippen molar-refractivity contribution in [2.24, 2.45) is 5.92 Å². The fraction of sp³-hybridized carbons (Fsp3) is 0.500. The van der Waals surface area contributed by atoms with Gasteiger partial charge in [0.1, 0.15) is 0 Å². The minimum absolute atomic E-state index is 0.160.